The van der Waals surface area contributed by atoms with Crippen molar-refractivity contribution in [3.05, 3.63) is 59.7 Å². The molecule has 3 aromatic rings. The number of carbonyl (C=O) groups is 1. The first-order valence-electron chi connectivity index (χ1n) is 7.91. The molecule has 1 aliphatic rings. The summed E-state index contributed by atoms with van der Waals surface area (Å²) in [5, 5.41) is 8.56. The van der Waals surface area contributed by atoms with E-state index in [0.29, 0.717) is 11.5 Å². The standard InChI is InChI=1S/C18H18N4O/c1-21-16(14(11-19-21)13-5-4-6-13)8-9-18(23)15-12-20-22-10-3-2-7-17(15)22/h2-3,7-13H,4-6H2,1H3. The molecule has 0 spiro atoms. The molecule has 1 aliphatic carbocycles. The summed E-state index contributed by atoms with van der Waals surface area (Å²) in [6.07, 6.45) is 12.6. The van der Waals surface area contributed by atoms with Gasteiger partial charge in [-0.2, -0.15) is 10.2 Å². The van der Waals surface area contributed by atoms with Crippen LogP contribution in [0.25, 0.3) is 11.6 Å². The Morgan fingerprint density at radius 1 is 1.26 bits per heavy atom. The smallest absolute Gasteiger partial charge is 0.189 e. The first kappa shape index (κ1) is 13.9. The molecule has 0 unspecified atom stereocenters. The van der Waals surface area contributed by atoms with Gasteiger partial charge in [-0.05, 0) is 43.0 Å². The van der Waals surface area contributed by atoms with Crippen LogP contribution < -0.4 is 0 Å². The first-order chi connectivity index (χ1) is 11.2. The highest BCUT2D eigenvalue weighted by atomic mass is 16.1. The van der Waals surface area contributed by atoms with E-state index in [9.17, 15) is 4.79 Å². The number of fused-ring (bicyclic) bond motifs is 1. The molecule has 0 aromatic carbocycles. The molecule has 5 nitrogen and oxygen atoms in total. The second kappa shape index (κ2) is 5.50. The number of aryl methyl sites for hydroxylation is 1. The molecule has 116 valence electrons. The van der Waals surface area contributed by atoms with E-state index in [4.69, 9.17) is 0 Å². The van der Waals surface area contributed by atoms with Gasteiger partial charge >= 0.3 is 0 Å². The SMILES string of the molecule is Cn1ncc(C2CCC2)c1C=CC(=O)c1cnn2ccccc12. The van der Waals surface area contributed by atoms with E-state index in [0.717, 1.165) is 11.2 Å². The van der Waals surface area contributed by atoms with Crippen LogP contribution in [0.5, 0.6) is 0 Å². The minimum absolute atomic E-state index is 0.0352. The zero-order valence-electron chi connectivity index (χ0n) is 13.0. The van der Waals surface area contributed by atoms with Gasteiger partial charge in [0.1, 0.15) is 0 Å². The van der Waals surface area contributed by atoms with Gasteiger partial charge in [-0.1, -0.05) is 12.5 Å². The van der Waals surface area contributed by atoms with Gasteiger partial charge in [0.15, 0.2) is 5.78 Å². The molecule has 3 heterocycles. The lowest BCUT2D eigenvalue weighted by Crippen LogP contribution is -2.09. The van der Waals surface area contributed by atoms with Crippen LogP contribution in [-0.2, 0) is 7.05 Å². The fraction of sp³-hybridized carbons (Fsp3) is 0.278. The van der Waals surface area contributed by atoms with Gasteiger partial charge in [-0.15, -0.1) is 0 Å². The zero-order chi connectivity index (χ0) is 15.8. The predicted octanol–water partition coefficient (Wildman–Crippen LogP) is 3.23. The van der Waals surface area contributed by atoms with Crippen LogP contribution in [0.3, 0.4) is 0 Å². The Morgan fingerprint density at radius 2 is 2.13 bits per heavy atom. The lowest BCUT2D eigenvalue weighted by atomic mass is 9.80. The maximum absolute atomic E-state index is 12.5. The van der Waals surface area contributed by atoms with E-state index in [1.54, 1.807) is 16.8 Å². The second-order valence-corrected chi connectivity index (χ2v) is 6.02. The third-order valence-corrected chi connectivity index (χ3v) is 4.64. The number of pyridine rings is 1. The molecule has 1 saturated carbocycles. The summed E-state index contributed by atoms with van der Waals surface area (Å²) in [7, 11) is 1.92. The monoisotopic (exact) mass is 306 g/mol. The van der Waals surface area contributed by atoms with Gasteiger partial charge in [0.2, 0.25) is 0 Å². The summed E-state index contributed by atoms with van der Waals surface area (Å²) < 4.78 is 3.55. The van der Waals surface area contributed by atoms with Crippen molar-refractivity contribution >= 4 is 17.4 Å². The first-order valence-corrected chi connectivity index (χ1v) is 7.91. The maximum Gasteiger partial charge on any atom is 0.189 e. The van der Waals surface area contributed by atoms with Crippen LogP contribution in [0.1, 0.15) is 46.8 Å². The van der Waals surface area contributed by atoms with E-state index < -0.39 is 0 Å². The van der Waals surface area contributed by atoms with Crippen LogP contribution in [0.15, 0.2) is 42.9 Å². The van der Waals surface area contributed by atoms with Gasteiger partial charge in [-0.3, -0.25) is 9.48 Å². The van der Waals surface area contributed by atoms with Crippen molar-refractivity contribution in [3.63, 3.8) is 0 Å². The Kier molecular flexibility index (Phi) is 3.33. The molecule has 0 bridgehead atoms. The molecule has 0 amide bonds. The highest BCUT2D eigenvalue weighted by Gasteiger charge is 2.23. The molecular weight excluding hydrogens is 288 g/mol. The van der Waals surface area contributed by atoms with E-state index in [1.165, 1.54) is 24.8 Å². The Morgan fingerprint density at radius 3 is 2.91 bits per heavy atom. The van der Waals surface area contributed by atoms with Crippen molar-refractivity contribution in [1.29, 1.82) is 0 Å². The molecule has 4 rings (SSSR count). The largest absolute Gasteiger partial charge is 0.289 e. The van der Waals surface area contributed by atoms with Crippen molar-refractivity contribution < 1.29 is 4.79 Å². The van der Waals surface area contributed by atoms with Crippen LogP contribution in [-0.4, -0.2) is 25.2 Å². The quantitative estimate of drug-likeness (QED) is 0.549. The van der Waals surface area contributed by atoms with Crippen LogP contribution in [0.4, 0.5) is 0 Å². The molecule has 1 fully saturated rings. The molecule has 0 saturated heterocycles. The molecule has 0 atom stereocenters. The van der Waals surface area contributed by atoms with Gasteiger partial charge in [0.25, 0.3) is 0 Å². The number of hydrogen-bond donors (Lipinski definition) is 0. The lowest BCUT2D eigenvalue weighted by molar-refractivity contribution is 0.104. The van der Waals surface area contributed by atoms with Gasteiger partial charge < -0.3 is 0 Å². The number of allylic oxidation sites excluding steroid dienone is 1. The topological polar surface area (TPSA) is 52.2 Å². The minimum Gasteiger partial charge on any atom is -0.289 e. The molecule has 5 heteroatoms. The van der Waals surface area contributed by atoms with Crippen molar-refractivity contribution in [3.8, 4) is 0 Å². The summed E-state index contributed by atoms with van der Waals surface area (Å²) >= 11 is 0. The average molecular weight is 306 g/mol. The lowest BCUT2D eigenvalue weighted by Gasteiger charge is -2.25. The van der Waals surface area contributed by atoms with Crippen LogP contribution in [0.2, 0.25) is 0 Å². The molecule has 0 N–H and O–H groups in total. The van der Waals surface area contributed by atoms with Crippen LogP contribution >= 0.6 is 0 Å². The highest BCUT2D eigenvalue weighted by molar-refractivity contribution is 6.11. The Labute approximate surface area is 134 Å². The van der Waals surface area contributed by atoms with E-state index in [2.05, 4.69) is 10.2 Å². The summed E-state index contributed by atoms with van der Waals surface area (Å²) in [6, 6.07) is 5.70. The summed E-state index contributed by atoms with van der Waals surface area (Å²) in [6.45, 7) is 0. The molecule has 0 aliphatic heterocycles. The predicted molar refractivity (Wildman–Crippen MR) is 88.4 cm³/mol. The summed E-state index contributed by atoms with van der Waals surface area (Å²) in [5.41, 5.74) is 3.72. The number of aromatic nitrogens is 4. The van der Waals surface area contributed by atoms with Gasteiger partial charge in [0.05, 0.1) is 29.2 Å². The third kappa shape index (κ3) is 2.38. The number of nitrogens with zero attached hydrogens (tertiary/aromatic N) is 4. The summed E-state index contributed by atoms with van der Waals surface area (Å²) in [4.78, 5) is 12.5. The second-order valence-electron chi connectivity index (χ2n) is 6.02. The van der Waals surface area contributed by atoms with Crippen molar-refractivity contribution in [2.45, 2.75) is 25.2 Å². The van der Waals surface area contributed by atoms with Crippen molar-refractivity contribution in [2.75, 3.05) is 0 Å². The Hall–Kier alpha value is -2.69. The molecule has 3 aromatic heterocycles. The molecule has 0 radical (unpaired) electrons. The normalized spacial score (nSPS) is 15.3. The fourth-order valence-electron chi connectivity index (χ4n) is 3.07. The van der Waals surface area contributed by atoms with Gasteiger partial charge in [0, 0.05) is 18.8 Å². The maximum atomic E-state index is 12.5. The minimum atomic E-state index is -0.0352. The van der Waals surface area contributed by atoms with Gasteiger partial charge in [-0.25, -0.2) is 4.52 Å². The Balaban J connectivity index is 1.64. The third-order valence-electron chi connectivity index (χ3n) is 4.64. The average Bonchev–Trinajstić information content (AvgIpc) is 3.08. The van der Waals surface area contributed by atoms with E-state index in [-0.39, 0.29) is 5.78 Å². The van der Waals surface area contributed by atoms with Crippen molar-refractivity contribution in [2.24, 2.45) is 7.05 Å². The number of rotatable bonds is 4. The molecular formula is C18H18N4O. The molecule has 23 heavy (non-hydrogen) atoms. The Bertz CT molecular complexity index is 899. The zero-order valence-corrected chi connectivity index (χ0v) is 13.0. The van der Waals surface area contributed by atoms with Crippen molar-refractivity contribution in [1.82, 2.24) is 19.4 Å². The van der Waals surface area contributed by atoms with E-state index in [1.807, 2.05) is 48.4 Å². The number of hydrogen-bond acceptors (Lipinski definition) is 3. The summed E-state index contributed by atoms with van der Waals surface area (Å²) in [5.74, 6) is 0.558. The van der Waals surface area contributed by atoms with E-state index >= 15 is 0 Å². The number of carbonyl (C=O) groups excluding carboxylic acids is 1. The number of ketones is 1. The van der Waals surface area contributed by atoms with Crippen LogP contribution in [0, 0.1) is 0 Å². The highest BCUT2D eigenvalue weighted by Crippen LogP contribution is 2.38. The fourth-order valence-corrected chi connectivity index (χ4v) is 3.07.